The first-order chi connectivity index (χ1) is 14.0. The molecule has 29 heavy (non-hydrogen) atoms. The summed E-state index contributed by atoms with van der Waals surface area (Å²) < 4.78 is 39.5. The van der Waals surface area contributed by atoms with Gasteiger partial charge in [-0.25, -0.2) is 18.2 Å². The summed E-state index contributed by atoms with van der Waals surface area (Å²) in [5, 5.41) is 16.4. The smallest absolute Gasteiger partial charge is 0.240 e. The number of benzene rings is 2. The molecular weight excluding hydrogens is 414 g/mol. The average Bonchev–Trinajstić information content (AvgIpc) is 3.39. The van der Waals surface area contributed by atoms with E-state index in [1.165, 1.54) is 6.33 Å². The van der Waals surface area contributed by atoms with E-state index in [-0.39, 0.29) is 4.90 Å². The van der Waals surface area contributed by atoms with Crippen LogP contribution in [0.5, 0.6) is 5.75 Å². The molecule has 2 aromatic heterocycles. The van der Waals surface area contributed by atoms with Gasteiger partial charge in [0.25, 0.3) is 0 Å². The standard InChI is InChI=1S/C17H17N7O3S2/c18-29(25,26)17-12(4-9-15-16(17)21-28-20-15)3-1-2-10-27-14-7-5-13(6-8-14)24-11-19-22-23-24/h4-9,11H,1-3,10H2,(H2,18,25,26). The topological polar surface area (TPSA) is 139 Å². The number of primary sulfonamides is 1. The van der Waals surface area contributed by atoms with E-state index in [4.69, 9.17) is 9.88 Å². The second-order valence-electron chi connectivity index (χ2n) is 6.28. The molecule has 0 spiro atoms. The van der Waals surface area contributed by atoms with Crippen LogP contribution in [0.2, 0.25) is 0 Å². The van der Waals surface area contributed by atoms with Crippen molar-refractivity contribution < 1.29 is 13.2 Å². The van der Waals surface area contributed by atoms with Gasteiger partial charge in [0.1, 0.15) is 28.0 Å². The number of hydrogen-bond acceptors (Lipinski definition) is 9. The van der Waals surface area contributed by atoms with Crippen LogP contribution in [0.15, 0.2) is 47.6 Å². The fourth-order valence-electron chi connectivity index (χ4n) is 2.97. The van der Waals surface area contributed by atoms with Crippen LogP contribution < -0.4 is 9.88 Å². The maximum Gasteiger partial charge on any atom is 0.240 e. The lowest BCUT2D eigenvalue weighted by molar-refractivity contribution is 0.307. The number of aromatic nitrogens is 6. The van der Waals surface area contributed by atoms with Crippen LogP contribution in [0.1, 0.15) is 18.4 Å². The summed E-state index contributed by atoms with van der Waals surface area (Å²) in [4.78, 5) is 0.0721. The van der Waals surface area contributed by atoms with E-state index in [2.05, 4.69) is 24.3 Å². The van der Waals surface area contributed by atoms with Crippen LogP contribution in [-0.2, 0) is 16.4 Å². The Morgan fingerprint density at radius 3 is 2.62 bits per heavy atom. The minimum absolute atomic E-state index is 0.0721. The van der Waals surface area contributed by atoms with E-state index in [1.54, 1.807) is 16.8 Å². The molecule has 150 valence electrons. The third kappa shape index (κ3) is 4.39. The Balaban J connectivity index is 1.33. The first-order valence-corrected chi connectivity index (χ1v) is 11.0. The van der Waals surface area contributed by atoms with Crippen LogP contribution in [-0.4, -0.2) is 44.0 Å². The molecule has 0 aliphatic rings. The molecular formula is C17H17N7O3S2. The summed E-state index contributed by atoms with van der Waals surface area (Å²) in [6.07, 6.45) is 3.58. The van der Waals surface area contributed by atoms with Gasteiger partial charge < -0.3 is 4.74 Å². The molecule has 2 aromatic carbocycles. The normalized spacial score (nSPS) is 11.8. The highest BCUT2D eigenvalue weighted by Gasteiger charge is 2.20. The van der Waals surface area contributed by atoms with E-state index in [1.807, 2.05) is 24.3 Å². The molecule has 0 radical (unpaired) electrons. The highest BCUT2D eigenvalue weighted by Crippen LogP contribution is 2.26. The molecule has 0 amide bonds. The summed E-state index contributed by atoms with van der Waals surface area (Å²) in [7, 11) is -3.88. The molecule has 0 aliphatic carbocycles. The minimum atomic E-state index is -3.88. The number of tetrazole rings is 1. The van der Waals surface area contributed by atoms with Crippen molar-refractivity contribution in [3.63, 3.8) is 0 Å². The zero-order valence-electron chi connectivity index (χ0n) is 15.2. The summed E-state index contributed by atoms with van der Waals surface area (Å²) >= 11 is 0.969. The van der Waals surface area contributed by atoms with Crippen LogP contribution in [0.25, 0.3) is 16.7 Å². The molecule has 0 saturated carbocycles. The second-order valence-corrected chi connectivity index (χ2v) is 8.31. The van der Waals surface area contributed by atoms with Gasteiger partial charge >= 0.3 is 0 Å². The predicted octanol–water partition coefficient (Wildman–Crippen LogP) is 1.72. The minimum Gasteiger partial charge on any atom is -0.494 e. The van der Waals surface area contributed by atoms with Crippen molar-refractivity contribution >= 4 is 32.8 Å². The number of aryl methyl sites for hydroxylation is 1. The highest BCUT2D eigenvalue weighted by atomic mass is 32.2. The fraction of sp³-hybridized carbons (Fsp3) is 0.235. The predicted molar refractivity (Wildman–Crippen MR) is 106 cm³/mol. The lowest BCUT2D eigenvalue weighted by atomic mass is 10.1. The number of ether oxygens (including phenoxy) is 1. The quantitative estimate of drug-likeness (QED) is 0.416. The molecule has 4 rings (SSSR count). The maximum absolute atomic E-state index is 12.0. The Morgan fingerprint density at radius 2 is 1.90 bits per heavy atom. The molecule has 10 nitrogen and oxygen atoms in total. The average molecular weight is 432 g/mol. The van der Waals surface area contributed by atoms with Gasteiger partial charge in [-0.3, -0.25) is 0 Å². The number of unbranched alkanes of at least 4 members (excludes halogenated alkanes) is 1. The Hall–Kier alpha value is -2.96. The molecule has 12 heteroatoms. The van der Waals surface area contributed by atoms with Crippen molar-refractivity contribution in [2.24, 2.45) is 5.14 Å². The Bertz CT molecular complexity index is 1210. The third-order valence-corrected chi connectivity index (χ3v) is 5.87. The van der Waals surface area contributed by atoms with E-state index in [0.29, 0.717) is 29.6 Å². The Kier molecular flexibility index (Phi) is 5.47. The molecule has 0 unspecified atom stereocenters. The first kappa shape index (κ1) is 19.4. The van der Waals surface area contributed by atoms with Gasteiger partial charge in [-0.05, 0) is 65.6 Å². The third-order valence-electron chi connectivity index (χ3n) is 4.31. The first-order valence-electron chi connectivity index (χ1n) is 8.75. The Labute approximate surface area is 170 Å². The number of fused-ring (bicyclic) bond motifs is 1. The summed E-state index contributed by atoms with van der Waals surface area (Å²) in [6.45, 7) is 0.509. The fourth-order valence-corrected chi connectivity index (χ4v) is 4.52. The van der Waals surface area contributed by atoms with Crippen molar-refractivity contribution in [2.45, 2.75) is 24.2 Å². The number of nitrogens with zero attached hydrogens (tertiary/aromatic N) is 6. The van der Waals surface area contributed by atoms with Crippen molar-refractivity contribution in [3.05, 3.63) is 48.3 Å². The molecule has 0 bridgehead atoms. The molecule has 0 saturated heterocycles. The van der Waals surface area contributed by atoms with E-state index < -0.39 is 10.0 Å². The van der Waals surface area contributed by atoms with Crippen molar-refractivity contribution in [1.29, 1.82) is 0 Å². The molecule has 0 atom stereocenters. The van der Waals surface area contributed by atoms with E-state index in [0.717, 1.165) is 36.0 Å². The van der Waals surface area contributed by atoms with E-state index >= 15 is 0 Å². The monoisotopic (exact) mass is 431 g/mol. The molecule has 0 aliphatic heterocycles. The lowest BCUT2D eigenvalue weighted by Crippen LogP contribution is -2.15. The number of hydrogen-bond donors (Lipinski definition) is 1. The van der Waals surface area contributed by atoms with Crippen LogP contribution >= 0.6 is 11.7 Å². The van der Waals surface area contributed by atoms with Gasteiger partial charge in [0.15, 0.2) is 0 Å². The van der Waals surface area contributed by atoms with Crippen LogP contribution in [0, 0.1) is 0 Å². The molecule has 4 aromatic rings. The molecule has 2 N–H and O–H groups in total. The van der Waals surface area contributed by atoms with Gasteiger partial charge in [-0.1, -0.05) is 6.07 Å². The largest absolute Gasteiger partial charge is 0.494 e. The molecule has 2 heterocycles. The van der Waals surface area contributed by atoms with Gasteiger partial charge in [-0.15, -0.1) is 5.10 Å². The van der Waals surface area contributed by atoms with Gasteiger partial charge in [0.05, 0.1) is 24.0 Å². The highest BCUT2D eigenvalue weighted by molar-refractivity contribution is 7.89. The maximum atomic E-state index is 12.0. The summed E-state index contributed by atoms with van der Waals surface area (Å²) in [5.74, 6) is 0.738. The number of rotatable bonds is 8. The van der Waals surface area contributed by atoms with E-state index in [9.17, 15) is 8.42 Å². The van der Waals surface area contributed by atoms with Gasteiger partial charge in [-0.2, -0.15) is 8.75 Å². The zero-order chi connectivity index (χ0) is 20.3. The van der Waals surface area contributed by atoms with Crippen molar-refractivity contribution in [2.75, 3.05) is 6.61 Å². The number of sulfonamides is 1. The molecule has 0 fully saturated rings. The van der Waals surface area contributed by atoms with Crippen molar-refractivity contribution in [3.8, 4) is 11.4 Å². The van der Waals surface area contributed by atoms with Gasteiger partial charge in [0.2, 0.25) is 10.0 Å². The summed E-state index contributed by atoms with van der Waals surface area (Å²) in [6, 6.07) is 10.9. The lowest BCUT2D eigenvalue weighted by Gasteiger charge is -2.09. The SMILES string of the molecule is NS(=O)(=O)c1c(CCCCOc2ccc(-n3cnnn3)cc2)ccc2nsnc12. The van der Waals surface area contributed by atoms with Crippen LogP contribution in [0.3, 0.4) is 0 Å². The zero-order valence-corrected chi connectivity index (χ0v) is 16.8. The van der Waals surface area contributed by atoms with Gasteiger partial charge in [0, 0.05) is 0 Å². The summed E-state index contributed by atoms with van der Waals surface area (Å²) in [5.41, 5.74) is 2.37. The Morgan fingerprint density at radius 1 is 1.07 bits per heavy atom. The second kappa shape index (κ2) is 8.19. The van der Waals surface area contributed by atoms with Crippen LogP contribution in [0.4, 0.5) is 0 Å². The van der Waals surface area contributed by atoms with Crippen molar-refractivity contribution in [1.82, 2.24) is 29.0 Å². The number of nitrogens with two attached hydrogens (primary N) is 1.